The number of carbonyl (C=O) groups is 1. The SMILES string of the molecule is CN(C[C@H]1CCn2ccnc2C1)C(=O)CC1(O)CCCCC1. The Labute approximate surface area is 132 Å². The molecule has 1 saturated carbocycles. The Hall–Kier alpha value is -1.36. The van der Waals surface area contributed by atoms with Crippen LogP contribution in [0.25, 0.3) is 0 Å². The van der Waals surface area contributed by atoms with E-state index in [9.17, 15) is 9.90 Å². The fourth-order valence-electron chi connectivity index (χ4n) is 3.86. The number of hydrogen-bond acceptors (Lipinski definition) is 3. The van der Waals surface area contributed by atoms with Crippen LogP contribution in [-0.2, 0) is 17.8 Å². The van der Waals surface area contributed by atoms with Crippen LogP contribution in [-0.4, -0.2) is 44.7 Å². The van der Waals surface area contributed by atoms with E-state index in [1.54, 1.807) is 0 Å². The zero-order valence-corrected chi connectivity index (χ0v) is 13.5. The zero-order valence-electron chi connectivity index (χ0n) is 13.5. The van der Waals surface area contributed by atoms with E-state index in [1.165, 1.54) is 6.42 Å². The first kappa shape index (κ1) is 15.5. The maximum atomic E-state index is 12.4. The van der Waals surface area contributed by atoms with E-state index in [4.69, 9.17) is 0 Å². The average Bonchev–Trinajstić information content (AvgIpc) is 2.95. The van der Waals surface area contributed by atoms with E-state index >= 15 is 0 Å². The van der Waals surface area contributed by atoms with Gasteiger partial charge in [-0.3, -0.25) is 4.79 Å². The van der Waals surface area contributed by atoms with Crippen molar-refractivity contribution in [2.24, 2.45) is 5.92 Å². The fourth-order valence-corrected chi connectivity index (χ4v) is 3.86. The number of aryl methyl sites for hydroxylation is 1. The second kappa shape index (κ2) is 6.41. The van der Waals surface area contributed by atoms with E-state index in [-0.39, 0.29) is 12.3 Å². The lowest BCUT2D eigenvalue weighted by atomic mass is 9.82. The molecule has 122 valence electrons. The van der Waals surface area contributed by atoms with Gasteiger partial charge in [-0.25, -0.2) is 4.98 Å². The number of fused-ring (bicyclic) bond motifs is 1. The molecule has 1 N–H and O–H groups in total. The topological polar surface area (TPSA) is 58.4 Å². The largest absolute Gasteiger partial charge is 0.389 e. The third-order valence-corrected chi connectivity index (χ3v) is 5.27. The Morgan fingerprint density at radius 3 is 3.00 bits per heavy atom. The molecule has 2 aliphatic rings. The van der Waals surface area contributed by atoms with Gasteiger partial charge in [0.25, 0.3) is 0 Å². The summed E-state index contributed by atoms with van der Waals surface area (Å²) >= 11 is 0. The van der Waals surface area contributed by atoms with Crippen molar-refractivity contribution in [2.75, 3.05) is 13.6 Å². The van der Waals surface area contributed by atoms with Crippen molar-refractivity contribution in [1.29, 1.82) is 0 Å². The average molecular weight is 305 g/mol. The molecule has 0 spiro atoms. The lowest BCUT2D eigenvalue weighted by molar-refractivity contribution is -0.137. The second-order valence-corrected chi connectivity index (χ2v) is 7.13. The van der Waals surface area contributed by atoms with Crippen LogP contribution in [0, 0.1) is 5.92 Å². The predicted octanol–water partition coefficient (Wildman–Crippen LogP) is 1.99. The Morgan fingerprint density at radius 1 is 1.45 bits per heavy atom. The van der Waals surface area contributed by atoms with Gasteiger partial charge in [0.05, 0.1) is 12.0 Å². The van der Waals surface area contributed by atoms with Crippen LogP contribution < -0.4 is 0 Å². The summed E-state index contributed by atoms with van der Waals surface area (Å²) < 4.78 is 2.20. The van der Waals surface area contributed by atoms with Gasteiger partial charge in [0.1, 0.15) is 5.82 Å². The van der Waals surface area contributed by atoms with Crippen molar-refractivity contribution in [3.8, 4) is 0 Å². The summed E-state index contributed by atoms with van der Waals surface area (Å²) in [5.74, 6) is 1.69. The smallest absolute Gasteiger partial charge is 0.225 e. The van der Waals surface area contributed by atoms with E-state index in [0.717, 1.165) is 57.4 Å². The third-order valence-electron chi connectivity index (χ3n) is 5.27. The standard InChI is InChI=1S/C17H27N3O2/c1-19(16(21)12-17(22)6-3-2-4-7-17)13-14-5-9-20-10-8-18-15(20)11-14/h8,10,14,22H,2-7,9,11-13H2,1H3/t14-/m0/s1. The van der Waals surface area contributed by atoms with Crippen LogP contribution in [0.15, 0.2) is 12.4 Å². The van der Waals surface area contributed by atoms with Crippen molar-refractivity contribution in [3.63, 3.8) is 0 Å². The molecule has 1 amide bonds. The number of aromatic nitrogens is 2. The summed E-state index contributed by atoms with van der Waals surface area (Å²) in [5.41, 5.74) is -0.758. The van der Waals surface area contributed by atoms with Gasteiger partial charge in [-0.1, -0.05) is 19.3 Å². The molecule has 5 nitrogen and oxygen atoms in total. The molecule has 1 aliphatic carbocycles. The van der Waals surface area contributed by atoms with Crippen molar-refractivity contribution in [3.05, 3.63) is 18.2 Å². The maximum Gasteiger partial charge on any atom is 0.225 e. The first-order valence-electron chi connectivity index (χ1n) is 8.52. The number of rotatable bonds is 4. The Balaban J connectivity index is 1.51. The highest BCUT2D eigenvalue weighted by Crippen LogP contribution is 2.31. The number of carbonyl (C=O) groups excluding carboxylic acids is 1. The predicted molar refractivity (Wildman–Crippen MR) is 84.3 cm³/mol. The molecular formula is C17H27N3O2. The number of amides is 1. The van der Waals surface area contributed by atoms with Crippen LogP contribution in [0.4, 0.5) is 0 Å². The van der Waals surface area contributed by atoms with E-state index in [2.05, 4.69) is 9.55 Å². The number of nitrogens with zero attached hydrogens (tertiary/aromatic N) is 3. The molecular weight excluding hydrogens is 278 g/mol. The molecule has 1 aliphatic heterocycles. The lowest BCUT2D eigenvalue weighted by Crippen LogP contribution is -2.41. The van der Waals surface area contributed by atoms with Crippen LogP contribution in [0.3, 0.4) is 0 Å². The van der Waals surface area contributed by atoms with E-state index < -0.39 is 5.60 Å². The Bertz CT molecular complexity index is 520. The van der Waals surface area contributed by atoms with Crippen molar-refractivity contribution in [2.45, 2.75) is 63.5 Å². The molecule has 2 heterocycles. The Morgan fingerprint density at radius 2 is 2.23 bits per heavy atom. The number of imidazole rings is 1. The molecule has 0 bridgehead atoms. The van der Waals surface area contributed by atoms with E-state index in [0.29, 0.717) is 5.92 Å². The molecule has 0 radical (unpaired) electrons. The molecule has 5 heteroatoms. The minimum Gasteiger partial charge on any atom is -0.389 e. The molecule has 1 atom stereocenters. The summed E-state index contributed by atoms with van der Waals surface area (Å²) in [4.78, 5) is 18.6. The quantitative estimate of drug-likeness (QED) is 0.925. The van der Waals surface area contributed by atoms with Crippen LogP contribution in [0.2, 0.25) is 0 Å². The Kier molecular flexibility index (Phi) is 4.52. The number of aliphatic hydroxyl groups is 1. The third kappa shape index (κ3) is 3.51. The van der Waals surface area contributed by atoms with Gasteiger partial charge < -0.3 is 14.6 Å². The molecule has 1 aromatic rings. The number of hydrogen-bond donors (Lipinski definition) is 1. The van der Waals surface area contributed by atoms with Crippen LogP contribution in [0.5, 0.6) is 0 Å². The van der Waals surface area contributed by atoms with Gasteiger partial charge in [-0.15, -0.1) is 0 Å². The normalized spacial score (nSPS) is 23.8. The summed E-state index contributed by atoms with van der Waals surface area (Å²) in [6.45, 7) is 1.76. The molecule has 22 heavy (non-hydrogen) atoms. The van der Waals surface area contributed by atoms with Crippen LogP contribution in [0.1, 0.15) is 50.8 Å². The minimum atomic E-state index is -0.758. The molecule has 0 saturated heterocycles. The first-order chi connectivity index (χ1) is 10.6. The van der Waals surface area contributed by atoms with Crippen molar-refractivity contribution >= 4 is 5.91 Å². The monoisotopic (exact) mass is 305 g/mol. The molecule has 0 unspecified atom stereocenters. The highest BCUT2D eigenvalue weighted by Gasteiger charge is 2.33. The van der Waals surface area contributed by atoms with Gasteiger partial charge in [-0.2, -0.15) is 0 Å². The molecule has 0 aromatic carbocycles. The fraction of sp³-hybridized carbons (Fsp3) is 0.765. The van der Waals surface area contributed by atoms with Gasteiger partial charge in [0.15, 0.2) is 0 Å². The zero-order chi connectivity index (χ0) is 15.6. The first-order valence-corrected chi connectivity index (χ1v) is 8.52. The van der Waals surface area contributed by atoms with Gasteiger partial charge in [0, 0.05) is 39.0 Å². The van der Waals surface area contributed by atoms with Gasteiger partial charge in [-0.05, 0) is 25.2 Å². The summed E-state index contributed by atoms with van der Waals surface area (Å²) in [6, 6.07) is 0. The van der Waals surface area contributed by atoms with Crippen molar-refractivity contribution in [1.82, 2.24) is 14.5 Å². The summed E-state index contributed by atoms with van der Waals surface area (Å²) in [5, 5.41) is 10.5. The summed E-state index contributed by atoms with van der Waals surface area (Å²) in [6.07, 6.45) is 11.0. The molecule has 1 aromatic heterocycles. The highest BCUT2D eigenvalue weighted by molar-refractivity contribution is 5.77. The van der Waals surface area contributed by atoms with Gasteiger partial charge >= 0.3 is 0 Å². The minimum absolute atomic E-state index is 0.0818. The maximum absolute atomic E-state index is 12.4. The summed E-state index contributed by atoms with van der Waals surface area (Å²) in [7, 11) is 1.87. The van der Waals surface area contributed by atoms with Crippen molar-refractivity contribution < 1.29 is 9.90 Å². The van der Waals surface area contributed by atoms with Gasteiger partial charge in [0.2, 0.25) is 5.91 Å². The highest BCUT2D eigenvalue weighted by atomic mass is 16.3. The molecule has 1 fully saturated rings. The van der Waals surface area contributed by atoms with Crippen LogP contribution >= 0.6 is 0 Å². The molecule has 3 rings (SSSR count). The lowest BCUT2D eigenvalue weighted by Gasteiger charge is -2.34. The van der Waals surface area contributed by atoms with E-state index in [1.807, 2.05) is 24.3 Å². The second-order valence-electron chi connectivity index (χ2n) is 7.13.